The second-order valence-corrected chi connectivity index (χ2v) is 6.68. The van der Waals surface area contributed by atoms with Gasteiger partial charge in [-0.3, -0.25) is 4.79 Å². The third-order valence-corrected chi connectivity index (χ3v) is 3.83. The largest absolute Gasteiger partial charge is 0.440 e. The Labute approximate surface area is 145 Å². The Hall–Kier alpha value is -2.33. The van der Waals surface area contributed by atoms with E-state index in [1.807, 2.05) is 56.3 Å². The van der Waals surface area contributed by atoms with Crippen molar-refractivity contribution in [3.63, 3.8) is 0 Å². The van der Waals surface area contributed by atoms with Gasteiger partial charge in [0.25, 0.3) is 0 Å². The minimum Gasteiger partial charge on any atom is -0.440 e. The van der Waals surface area contributed by atoms with E-state index in [0.717, 1.165) is 16.8 Å². The minimum atomic E-state index is 0.00855. The predicted molar refractivity (Wildman–Crippen MR) is 96.4 cm³/mol. The number of nitrogens with one attached hydrogen (secondary N) is 1. The molecule has 4 nitrogen and oxygen atoms in total. The Bertz CT molecular complexity index is 853. The van der Waals surface area contributed by atoms with Gasteiger partial charge in [0, 0.05) is 23.6 Å². The van der Waals surface area contributed by atoms with Gasteiger partial charge in [-0.05, 0) is 41.8 Å². The molecule has 1 aromatic heterocycles. The molecule has 3 aromatic rings. The van der Waals surface area contributed by atoms with Gasteiger partial charge >= 0.3 is 0 Å². The third-order valence-electron chi connectivity index (χ3n) is 3.58. The minimum absolute atomic E-state index is 0.00855. The fourth-order valence-electron chi connectivity index (χ4n) is 2.49. The van der Waals surface area contributed by atoms with E-state index in [9.17, 15) is 4.79 Å². The summed E-state index contributed by atoms with van der Waals surface area (Å²) >= 11 is 5.90. The summed E-state index contributed by atoms with van der Waals surface area (Å²) in [7, 11) is 0. The highest BCUT2D eigenvalue weighted by molar-refractivity contribution is 6.30. The molecule has 0 aliphatic heterocycles. The Morgan fingerprint density at radius 3 is 2.67 bits per heavy atom. The van der Waals surface area contributed by atoms with Crippen molar-refractivity contribution in [2.45, 2.75) is 26.7 Å². The topological polar surface area (TPSA) is 55.1 Å². The van der Waals surface area contributed by atoms with Crippen molar-refractivity contribution in [3.05, 3.63) is 58.9 Å². The van der Waals surface area contributed by atoms with Crippen molar-refractivity contribution in [2.24, 2.45) is 5.92 Å². The van der Waals surface area contributed by atoms with Gasteiger partial charge in [-0.15, -0.1) is 0 Å². The van der Waals surface area contributed by atoms with Crippen molar-refractivity contribution in [3.8, 4) is 0 Å². The van der Waals surface area contributed by atoms with Gasteiger partial charge in [0.1, 0.15) is 5.52 Å². The summed E-state index contributed by atoms with van der Waals surface area (Å²) in [4.78, 5) is 16.4. The van der Waals surface area contributed by atoms with E-state index in [1.165, 1.54) is 0 Å². The quantitative estimate of drug-likeness (QED) is 0.705. The van der Waals surface area contributed by atoms with Crippen LogP contribution in [0.5, 0.6) is 0 Å². The lowest BCUT2D eigenvalue weighted by atomic mass is 10.1. The van der Waals surface area contributed by atoms with Crippen LogP contribution in [0.4, 0.5) is 5.69 Å². The summed E-state index contributed by atoms with van der Waals surface area (Å²) < 4.78 is 5.77. The molecule has 0 fully saturated rings. The number of fused-ring (bicyclic) bond motifs is 1. The molecule has 3 rings (SSSR count). The summed E-state index contributed by atoms with van der Waals surface area (Å²) in [6.07, 6.45) is 1.10. The van der Waals surface area contributed by atoms with Crippen LogP contribution in [0.3, 0.4) is 0 Å². The Morgan fingerprint density at radius 2 is 1.96 bits per heavy atom. The molecule has 5 heteroatoms. The third kappa shape index (κ3) is 4.15. The second-order valence-electron chi connectivity index (χ2n) is 6.24. The number of benzene rings is 2. The van der Waals surface area contributed by atoms with Crippen LogP contribution in [0.25, 0.3) is 11.1 Å². The molecular formula is C19H19ClN2O2. The predicted octanol–water partition coefficient (Wildman–Crippen LogP) is 5.06. The summed E-state index contributed by atoms with van der Waals surface area (Å²) in [5.41, 5.74) is 3.26. The fourth-order valence-corrected chi connectivity index (χ4v) is 2.61. The summed E-state index contributed by atoms with van der Waals surface area (Å²) in [6, 6.07) is 13.1. The van der Waals surface area contributed by atoms with Crippen LogP contribution < -0.4 is 5.32 Å². The maximum Gasteiger partial charge on any atom is 0.224 e. The number of hydrogen-bond donors (Lipinski definition) is 1. The average Bonchev–Trinajstić information content (AvgIpc) is 2.90. The maximum atomic E-state index is 11.9. The molecule has 0 aliphatic carbocycles. The molecule has 1 amide bonds. The number of halogens is 1. The molecule has 124 valence electrons. The van der Waals surface area contributed by atoms with Crippen molar-refractivity contribution >= 4 is 34.3 Å². The number of nitrogens with zero attached hydrogens (tertiary/aromatic N) is 1. The molecule has 0 aliphatic rings. The van der Waals surface area contributed by atoms with Gasteiger partial charge in [-0.25, -0.2) is 4.98 Å². The molecule has 0 saturated carbocycles. The molecule has 0 spiro atoms. The first-order chi connectivity index (χ1) is 11.5. The number of aromatic nitrogens is 1. The lowest BCUT2D eigenvalue weighted by Crippen LogP contribution is -2.13. The number of oxazole rings is 1. The van der Waals surface area contributed by atoms with E-state index in [-0.39, 0.29) is 5.91 Å². The first-order valence-electron chi connectivity index (χ1n) is 7.93. The Morgan fingerprint density at radius 1 is 1.21 bits per heavy atom. The molecule has 0 atom stereocenters. The van der Waals surface area contributed by atoms with E-state index in [1.54, 1.807) is 0 Å². The Kier molecular flexibility index (Phi) is 4.86. The highest BCUT2D eigenvalue weighted by Gasteiger charge is 2.10. The zero-order valence-corrected chi connectivity index (χ0v) is 14.4. The molecule has 1 N–H and O–H groups in total. The van der Waals surface area contributed by atoms with Gasteiger partial charge in [-0.1, -0.05) is 37.6 Å². The van der Waals surface area contributed by atoms with Crippen LogP contribution >= 0.6 is 11.6 Å². The zero-order valence-electron chi connectivity index (χ0n) is 13.7. The van der Waals surface area contributed by atoms with E-state index in [0.29, 0.717) is 35.3 Å². The summed E-state index contributed by atoms with van der Waals surface area (Å²) in [5, 5.41) is 3.60. The van der Waals surface area contributed by atoms with Gasteiger partial charge in [0.05, 0.1) is 0 Å². The Balaban J connectivity index is 1.76. The molecule has 1 heterocycles. The fraction of sp³-hybridized carbons (Fsp3) is 0.263. The van der Waals surface area contributed by atoms with Gasteiger partial charge in [0.15, 0.2) is 11.5 Å². The van der Waals surface area contributed by atoms with E-state index >= 15 is 0 Å². The van der Waals surface area contributed by atoms with E-state index in [2.05, 4.69) is 10.3 Å². The van der Waals surface area contributed by atoms with Crippen LogP contribution in [0.1, 0.15) is 31.7 Å². The second kappa shape index (κ2) is 7.05. The number of anilines is 1. The smallest absolute Gasteiger partial charge is 0.224 e. The van der Waals surface area contributed by atoms with Crippen LogP contribution in [0, 0.1) is 5.92 Å². The van der Waals surface area contributed by atoms with E-state index < -0.39 is 0 Å². The zero-order chi connectivity index (χ0) is 17.1. The molecule has 24 heavy (non-hydrogen) atoms. The lowest BCUT2D eigenvalue weighted by Gasteiger charge is -2.06. The molecule has 2 aromatic carbocycles. The van der Waals surface area contributed by atoms with Gasteiger partial charge in [0.2, 0.25) is 5.91 Å². The molecule has 0 bridgehead atoms. The van der Waals surface area contributed by atoms with Crippen LogP contribution in [0.2, 0.25) is 5.02 Å². The first kappa shape index (κ1) is 16.5. The normalized spacial score (nSPS) is 11.2. The van der Waals surface area contributed by atoms with Crippen LogP contribution in [-0.4, -0.2) is 10.9 Å². The summed E-state index contributed by atoms with van der Waals surface area (Å²) in [5.74, 6) is 0.971. The molecule has 0 saturated heterocycles. The number of carbonyl (C=O) groups excluding carboxylic acids is 1. The van der Waals surface area contributed by atoms with Crippen molar-refractivity contribution in [2.75, 3.05) is 5.32 Å². The first-order valence-corrected chi connectivity index (χ1v) is 8.31. The average molecular weight is 343 g/mol. The van der Waals surface area contributed by atoms with Crippen molar-refractivity contribution < 1.29 is 9.21 Å². The van der Waals surface area contributed by atoms with Gasteiger partial charge in [-0.2, -0.15) is 0 Å². The molecule has 0 radical (unpaired) electrons. The van der Waals surface area contributed by atoms with Crippen molar-refractivity contribution in [1.29, 1.82) is 0 Å². The lowest BCUT2D eigenvalue weighted by molar-refractivity contribution is -0.116. The number of rotatable bonds is 5. The molecular weight excluding hydrogens is 324 g/mol. The number of amides is 1. The maximum absolute atomic E-state index is 11.9. The monoisotopic (exact) mass is 342 g/mol. The SMILES string of the molecule is CC(C)CC(=O)Nc1ccc2oc(Cc3ccc(Cl)cc3)nc2c1. The summed E-state index contributed by atoms with van der Waals surface area (Å²) in [6.45, 7) is 4.03. The standard InChI is InChI=1S/C19H19ClN2O2/c1-12(2)9-18(23)21-15-7-8-17-16(11-15)22-19(24-17)10-13-3-5-14(20)6-4-13/h3-8,11-12H,9-10H2,1-2H3,(H,21,23). The molecule has 0 unspecified atom stereocenters. The van der Waals surface area contributed by atoms with E-state index in [4.69, 9.17) is 16.0 Å². The van der Waals surface area contributed by atoms with Crippen LogP contribution in [0.15, 0.2) is 46.9 Å². The van der Waals surface area contributed by atoms with Crippen molar-refractivity contribution in [1.82, 2.24) is 4.98 Å². The highest BCUT2D eigenvalue weighted by Crippen LogP contribution is 2.22. The number of carbonyl (C=O) groups is 1. The number of hydrogen-bond acceptors (Lipinski definition) is 3. The highest BCUT2D eigenvalue weighted by atomic mass is 35.5. The van der Waals surface area contributed by atoms with Crippen LogP contribution in [-0.2, 0) is 11.2 Å². The van der Waals surface area contributed by atoms with Gasteiger partial charge < -0.3 is 9.73 Å².